The van der Waals surface area contributed by atoms with Crippen molar-refractivity contribution >= 4 is 17.6 Å². The van der Waals surface area contributed by atoms with E-state index in [9.17, 15) is 14.7 Å². The van der Waals surface area contributed by atoms with E-state index >= 15 is 0 Å². The number of carboxylic acid groups (broad SMARTS) is 1. The molecule has 0 aliphatic heterocycles. The lowest BCUT2D eigenvalue weighted by molar-refractivity contribution is -0.0570. The summed E-state index contributed by atoms with van der Waals surface area (Å²) in [6.07, 6.45) is 14.6. The molecule has 5 aliphatic rings. The van der Waals surface area contributed by atoms with E-state index in [2.05, 4.69) is 31.1 Å². The van der Waals surface area contributed by atoms with Gasteiger partial charge in [-0.25, -0.2) is 9.78 Å². The number of aryl methyl sites for hydroxylation is 1. The zero-order valence-electron chi connectivity index (χ0n) is 23.7. The summed E-state index contributed by atoms with van der Waals surface area (Å²) in [6.45, 7) is 6.89. The summed E-state index contributed by atoms with van der Waals surface area (Å²) in [4.78, 5) is 33.6. The molecule has 5 aliphatic carbocycles. The van der Waals surface area contributed by atoms with Crippen LogP contribution in [0.3, 0.4) is 0 Å². The summed E-state index contributed by atoms with van der Waals surface area (Å²) in [7, 11) is 0. The van der Waals surface area contributed by atoms with Crippen LogP contribution in [0.15, 0.2) is 35.4 Å². The molecule has 0 spiro atoms. The summed E-state index contributed by atoms with van der Waals surface area (Å²) in [5.41, 5.74) is 5.47. The number of carbonyl (C=O) groups excluding carboxylic acids is 1. The van der Waals surface area contributed by atoms with Crippen LogP contribution in [0, 0.1) is 28.6 Å². The van der Waals surface area contributed by atoms with Gasteiger partial charge in [-0.2, -0.15) is 0 Å². The van der Waals surface area contributed by atoms with Gasteiger partial charge in [-0.05, 0) is 124 Å². The molecule has 1 aromatic heterocycles. The molecule has 208 valence electrons. The van der Waals surface area contributed by atoms with Gasteiger partial charge in [-0.3, -0.25) is 4.79 Å². The van der Waals surface area contributed by atoms with E-state index < -0.39 is 5.97 Å². The van der Waals surface area contributed by atoms with Crippen LogP contribution in [0.5, 0.6) is 0 Å². The summed E-state index contributed by atoms with van der Waals surface area (Å²) in [6, 6.07) is 6.42. The zero-order valence-corrected chi connectivity index (χ0v) is 23.7. The Balaban J connectivity index is 1.27. The number of H-pyrrole nitrogens is 1. The normalized spacial score (nSPS) is 29.1. The molecule has 39 heavy (non-hydrogen) atoms. The number of hydrogen-bond acceptors (Lipinski definition) is 3. The first-order chi connectivity index (χ1) is 18.6. The maximum Gasteiger partial charge on any atom is 0.335 e. The molecule has 1 heterocycles. The van der Waals surface area contributed by atoms with E-state index in [1.165, 1.54) is 74.6 Å². The van der Waals surface area contributed by atoms with Crippen LogP contribution in [-0.2, 0) is 12.8 Å². The minimum Gasteiger partial charge on any atom is -0.478 e. The number of rotatable bonds is 8. The summed E-state index contributed by atoms with van der Waals surface area (Å²) in [5, 5.41) is 12.3. The molecule has 0 atom stereocenters. The van der Waals surface area contributed by atoms with Gasteiger partial charge in [0.2, 0.25) is 0 Å². The predicted molar refractivity (Wildman–Crippen MR) is 153 cm³/mol. The van der Waals surface area contributed by atoms with Crippen molar-refractivity contribution < 1.29 is 14.7 Å². The third-order valence-corrected chi connectivity index (χ3v) is 10.5. The molecule has 7 rings (SSSR count). The molecular formula is C33H43N3O3. The fourth-order valence-corrected chi connectivity index (χ4v) is 9.06. The molecule has 4 fully saturated rings. The Morgan fingerprint density at radius 1 is 1.10 bits per heavy atom. The van der Waals surface area contributed by atoms with Gasteiger partial charge in [-0.1, -0.05) is 31.1 Å². The van der Waals surface area contributed by atoms with Crippen LogP contribution in [0.1, 0.15) is 117 Å². The number of imidazole rings is 1. The number of anilines is 1. The highest BCUT2D eigenvalue weighted by atomic mass is 16.4. The highest BCUT2D eigenvalue weighted by Crippen LogP contribution is 2.61. The molecule has 4 saturated carbocycles. The van der Waals surface area contributed by atoms with Crippen molar-refractivity contribution in [1.82, 2.24) is 9.97 Å². The number of carboxylic acids is 1. The van der Waals surface area contributed by atoms with Crippen molar-refractivity contribution in [1.29, 1.82) is 0 Å². The zero-order chi connectivity index (χ0) is 27.4. The molecule has 2 aromatic rings. The number of allylic oxidation sites excluding steroid dienone is 2. The topological polar surface area (TPSA) is 95.1 Å². The second kappa shape index (κ2) is 9.94. The Kier molecular flexibility index (Phi) is 6.71. The number of nitrogens with zero attached hydrogens (tertiary/aromatic N) is 1. The average Bonchev–Trinajstić information content (AvgIpc) is 3.27. The molecule has 1 aromatic carbocycles. The van der Waals surface area contributed by atoms with Crippen molar-refractivity contribution in [3.8, 4) is 0 Å². The van der Waals surface area contributed by atoms with Crippen LogP contribution < -0.4 is 5.32 Å². The fraction of sp³-hybridized carbons (Fsp3) is 0.606. The number of hydrogen-bond donors (Lipinski definition) is 3. The van der Waals surface area contributed by atoms with Crippen LogP contribution in [0.25, 0.3) is 0 Å². The van der Waals surface area contributed by atoms with E-state index in [0.29, 0.717) is 16.8 Å². The predicted octanol–water partition coefficient (Wildman–Crippen LogP) is 7.58. The highest BCUT2D eigenvalue weighted by Gasteiger charge is 2.50. The Morgan fingerprint density at radius 2 is 1.79 bits per heavy atom. The van der Waals surface area contributed by atoms with Gasteiger partial charge in [0.25, 0.3) is 5.91 Å². The third-order valence-electron chi connectivity index (χ3n) is 10.5. The lowest BCUT2D eigenvalue weighted by Gasteiger charge is -2.57. The molecule has 6 heteroatoms. The maximum atomic E-state index is 13.6. The standard InChI is InChI=1S/C33H43N3O3/c1-20-6-5-10-32(2,3)26(20)16-28-35-27(9-11-33-17-21-12-22(18-33)14-23(13-21)19-33)29(36-28)30(37)34-25-8-4-7-24(15-25)31(38)39/h4,7-8,15,21-23H,5-6,9-14,16-19H2,1-3H3,(H,34,37)(H,35,36)(H,38,39). The Hall–Kier alpha value is -2.89. The number of carbonyl (C=O) groups is 2. The van der Waals surface area contributed by atoms with Gasteiger partial charge in [-0.15, -0.1) is 0 Å². The van der Waals surface area contributed by atoms with Gasteiger partial charge in [0.1, 0.15) is 11.5 Å². The SMILES string of the molecule is CC1=C(Cc2nc(C(=O)Nc3cccc(C(=O)O)c3)c(CCC34CC5CC(CC(C5)C3)C4)[nH]2)C(C)(C)CCC1. The number of amides is 1. The molecule has 0 saturated heterocycles. The highest BCUT2D eigenvalue weighted by molar-refractivity contribution is 6.04. The van der Waals surface area contributed by atoms with E-state index in [4.69, 9.17) is 4.98 Å². The van der Waals surface area contributed by atoms with Crippen molar-refractivity contribution in [3.63, 3.8) is 0 Å². The fourth-order valence-electron chi connectivity index (χ4n) is 9.06. The molecule has 0 radical (unpaired) electrons. The van der Waals surface area contributed by atoms with E-state index in [1.54, 1.807) is 12.1 Å². The molecule has 1 amide bonds. The summed E-state index contributed by atoms with van der Waals surface area (Å²) < 4.78 is 0. The monoisotopic (exact) mass is 529 g/mol. The van der Waals surface area contributed by atoms with Crippen molar-refractivity contribution in [2.45, 2.75) is 97.8 Å². The van der Waals surface area contributed by atoms with Gasteiger partial charge in [0.05, 0.1) is 5.56 Å². The molecule has 4 bridgehead atoms. The lowest BCUT2D eigenvalue weighted by Crippen LogP contribution is -2.46. The maximum absolute atomic E-state index is 13.6. The molecular weight excluding hydrogens is 486 g/mol. The number of aromatic carboxylic acids is 1. The first-order valence-electron chi connectivity index (χ1n) is 15.0. The van der Waals surface area contributed by atoms with Crippen molar-refractivity contribution in [3.05, 3.63) is 58.2 Å². The second-order valence-corrected chi connectivity index (χ2v) is 13.9. The average molecular weight is 530 g/mol. The van der Waals surface area contributed by atoms with Gasteiger partial charge in [0, 0.05) is 17.8 Å². The second-order valence-electron chi connectivity index (χ2n) is 13.9. The van der Waals surface area contributed by atoms with Crippen molar-refractivity contribution in [2.24, 2.45) is 28.6 Å². The Morgan fingerprint density at radius 3 is 2.44 bits per heavy atom. The molecule has 6 nitrogen and oxygen atoms in total. The Bertz CT molecular complexity index is 1280. The van der Waals surface area contributed by atoms with E-state index in [1.807, 2.05) is 0 Å². The third kappa shape index (κ3) is 5.31. The van der Waals surface area contributed by atoms with E-state index in [0.717, 1.165) is 55.0 Å². The largest absolute Gasteiger partial charge is 0.478 e. The minimum absolute atomic E-state index is 0.133. The lowest BCUT2D eigenvalue weighted by atomic mass is 9.48. The van der Waals surface area contributed by atoms with Crippen LogP contribution in [-0.4, -0.2) is 27.0 Å². The van der Waals surface area contributed by atoms with Crippen LogP contribution in [0.4, 0.5) is 5.69 Å². The van der Waals surface area contributed by atoms with Crippen LogP contribution >= 0.6 is 0 Å². The Labute approximate surface area is 232 Å². The first kappa shape index (κ1) is 26.3. The van der Waals surface area contributed by atoms with Gasteiger partial charge >= 0.3 is 5.97 Å². The molecule has 3 N–H and O–H groups in total. The number of nitrogens with one attached hydrogen (secondary N) is 2. The smallest absolute Gasteiger partial charge is 0.335 e. The quantitative estimate of drug-likeness (QED) is 0.307. The van der Waals surface area contributed by atoms with Gasteiger partial charge < -0.3 is 15.4 Å². The summed E-state index contributed by atoms with van der Waals surface area (Å²) >= 11 is 0. The van der Waals surface area contributed by atoms with Crippen LogP contribution in [0.2, 0.25) is 0 Å². The summed E-state index contributed by atoms with van der Waals surface area (Å²) in [5.74, 6) is 2.30. The van der Waals surface area contributed by atoms with Gasteiger partial charge in [0.15, 0.2) is 0 Å². The number of benzene rings is 1. The van der Waals surface area contributed by atoms with E-state index in [-0.39, 0.29) is 16.9 Å². The number of aromatic nitrogens is 2. The molecule has 0 unspecified atom stereocenters. The first-order valence-corrected chi connectivity index (χ1v) is 15.0. The number of aromatic amines is 1. The van der Waals surface area contributed by atoms with Crippen molar-refractivity contribution in [2.75, 3.05) is 5.32 Å². The minimum atomic E-state index is -1.01.